The number of aryl methyl sites for hydroxylation is 1. The topological polar surface area (TPSA) is 89.2 Å². The number of hydrogen-bond donors (Lipinski definition) is 3. The Labute approximate surface area is 108 Å². The number of primary amides is 1. The average Bonchev–Trinajstić information content (AvgIpc) is 2.65. The largest absolute Gasteiger partial charge is 0.352 e. The first-order chi connectivity index (χ1) is 8.04. The van der Waals surface area contributed by atoms with Gasteiger partial charge in [0.2, 0.25) is 0 Å². The van der Waals surface area contributed by atoms with Gasteiger partial charge in [-0.1, -0.05) is 0 Å². The number of halogens is 1. The number of carbonyl (C=O) groups excluding carboxylic acids is 2. The molecular formula is C10H15BrN4O2. The van der Waals surface area contributed by atoms with E-state index in [4.69, 9.17) is 5.73 Å². The van der Waals surface area contributed by atoms with Crippen molar-refractivity contribution >= 4 is 27.9 Å². The number of nitrogens with zero attached hydrogens (tertiary/aromatic N) is 1. The Hall–Kier alpha value is -1.50. The molecule has 1 aromatic heterocycles. The van der Waals surface area contributed by atoms with Crippen LogP contribution in [0.15, 0.2) is 16.7 Å². The molecule has 4 N–H and O–H groups in total. The van der Waals surface area contributed by atoms with Crippen molar-refractivity contribution in [3.05, 3.63) is 22.4 Å². The highest BCUT2D eigenvalue weighted by atomic mass is 79.9. The maximum atomic E-state index is 11.8. The molecule has 1 heterocycles. The van der Waals surface area contributed by atoms with E-state index < -0.39 is 6.03 Å². The lowest BCUT2D eigenvalue weighted by atomic mass is 10.4. The number of nitrogens with two attached hydrogens (primary N) is 1. The first kappa shape index (κ1) is 13.6. The van der Waals surface area contributed by atoms with Gasteiger partial charge in [-0.2, -0.15) is 0 Å². The summed E-state index contributed by atoms with van der Waals surface area (Å²) in [6.07, 6.45) is 1.84. The summed E-state index contributed by atoms with van der Waals surface area (Å²) in [6, 6.07) is 1.15. The fourth-order valence-corrected chi connectivity index (χ4v) is 1.84. The van der Waals surface area contributed by atoms with Crippen molar-refractivity contribution in [2.75, 3.05) is 13.1 Å². The highest BCUT2D eigenvalue weighted by Crippen LogP contribution is 2.14. The van der Waals surface area contributed by atoms with Crippen molar-refractivity contribution in [1.82, 2.24) is 15.2 Å². The predicted octanol–water partition coefficient (Wildman–Crippen LogP) is 0.669. The van der Waals surface area contributed by atoms with Crippen LogP contribution in [0.1, 0.15) is 17.4 Å². The summed E-state index contributed by atoms with van der Waals surface area (Å²) in [7, 11) is 0. The van der Waals surface area contributed by atoms with Crippen molar-refractivity contribution < 1.29 is 9.59 Å². The van der Waals surface area contributed by atoms with Crippen LogP contribution in [0.3, 0.4) is 0 Å². The first-order valence-corrected chi connectivity index (χ1v) is 6.01. The maximum Gasteiger partial charge on any atom is 0.312 e. The molecule has 1 aromatic rings. The summed E-state index contributed by atoms with van der Waals surface area (Å²) in [4.78, 5) is 22.2. The SMILES string of the molecule is CCn1cc(Br)cc1C(=O)NCCNC(N)=O. The van der Waals surface area contributed by atoms with Gasteiger partial charge in [-0.15, -0.1) is 0 Å². The molecule has 0 saturated carbocycles. The predicted molar refractivity (Wildman–Crippen MR) is 67.7 cm³/mol. The normalized spacial score (nSPS) is 10.0. The second-order valence-electron chi connectivity index (χ2n) is 3.38. The van der Waals surface area contributed by atoms with Crippen LogP contribution in [0.25, 0.3) is 0 Å². The van der Waals surface area contributed by atoms with Crippen LogP contribution in [-0.4, -0.2) is 29.6 Å². The summed E-state index contributed by atoms with van der Waals surface area (Å²) in [6.45, 7) is 3.33. The third-order valence-corrected chi connectivity index (χ3v) is 2.58. The highest BCUT2D eigenvalue weighted by Gasteiger charge is 2.11. The van der Waals surface area contributed by atoms with E-state index in [0.717, 1.165) is 4.47 Å². The van der Waals surface area contributed by atoms with Gasteiger partial charge in [-0.25, -0.2) is 4.79 Å². The lowest BCUT2D eigenvalue weighted by Crippen LogP contribution is -2.37. The molecule has 0 aliphatic carbocycles. The molecule has 3 amide bonds. The van der Waals surface area contributed by atoms with Gasteiger partial charge in [0.1, 0.15) is 5.69 Å². The van der Waals surface area contributed by atoms with Crippen LogP contribution in [0.4, 0.5) is 4.79 Å². The molecule has 17 heavy (non-hydrogen) atoms. The highest BCUT2D eigenvalue weighted by molar-refractivity contribution is 9.10. The van der Waals surface area contributed by atoms with Gasteiger partial charge in [0.05, 0.1) is 0 Å². The molecule has 1 rings (SSSR count). The van der Waals surface area contributed by atoms with Crippen molar-refractivity contribution in [3.63, 3.8) is 0 Å². The molecule has 0 bridgehead atoms. The number of nitrogens with one attached hydrogen (secondary N) is 2. The van der Waals surface area contributed by atoms with Crippen molar-refractivity contribution in [1.29, 1.82) is 0 Å². The van der Waals surface area contributed by atoms with Gasteiger partial charge in [0.15, 0.2) is 0 Å². The second kappa shape index (κ2) is 6.29. The third kappa shape index (κ3) is 4.10. The van der Waals surface area contributed by atoms with Gasteiger partial charge in [-0.3, -0.25) is 4.79 Å². The van der Waals surface area contributed by atoms with Crippen LogP contribution < -0.4 is 16.4 Å². The number of rotatable bonds is 5. The lowest BCUT2D eigenvalue weighted by molar-refractivity contribution is 0.0944. The molecule has 7 heteroatoms. The summed E-state index contributed by atoms with van der Waals surface area (Å²) >= 11 is 3.32. The molecule has 0 aliphatic rings. The quantitative estimate of drug-likeness (QED) is 0.698. The fraction of sp³-hybridized carbons (Fsp3) is 0.400. The molecule has 94 valence electrons. The summed E-state index contributed by atoms with van der Waals surface area (Å²) in [5.74, 6) is -0.177. The minimum absolute atomic E-state index is 0.177. The van der Waals surface area contributed by atoms with Crippen molar-refractivity contribution in [3.8, 4) is 0 Å². The fourth-order valence-electron chi connectivity index (χ4n) is 1.38. The van der Waals surface area contributed by atoms with E-state index in [1.54, 1.807) is 6.07 Å². The van der Waals surface area contributed by atoms with Gasteiger partial charge in [-0.05, 0) is 28.9 Å². The molecule has 0 atom stereocenters. The molecule has 0 spiro atoms. The standard InChI is InChI=1S/C10H15BrN4O2/c1-2-15-6-7(11)5-8(15)9(16)13-3-4-14-10(12)17/h5-6H,2-4H2,1H3,(H,13,16)(H3,12,14,17). The van der Waals surface area contributed by atoms with Gasteiger partial charge in [0.25, 0.3) is 5.91 Å². The van der Waals surface area contributed by atoms with Crippen LogP contribution in [-0.2, 0) is 6.54 Å². The van der Waals surface area contributed by atoms with E-state index in [0.29, 0.717) is 25.3 Å². The molecule has 0 fully saturated rings. The average molecular weight is 303 g/mol. The monoisotopic (exact) mass is 302 g/mol. The van der Waals surface area contributed by atoms with Crippen molar-refractivity contribution in [2.24, 2.45) is 5.73 Å². The van der Waals surface area contributed by atoms with Crippen molar-refractivity contribution in [2.45, 2.75) is 13.5 Å². The van der Waals surface area contributed by atoms with Gasteiger partial charge >= 0.3 is 6.03 Å². The van der Waals surface area contributed by atoms with Crippen LogP contribution in [0.2, 0.25) is 0 Å². The summed E-state index contributed by atoms with van der Waals surface area (Å²) < 4.78 is 2.70. The molecule has 0 unspecified atom stereocenters. The summed E-state index contributed by atoms with van der Waals surface area (Å²) in [5, 5.41) is 5.09. The third-order valence-electron chi connectivity index (χ3n) is 2.15. The summed E-state index contributed by atoms with van der Waals surface area (Å²) in [5.41, 5.74) is 5.48. The van der Waals surface area contributed by atoms with E-state index in [9.17, 15) is 9.59 Å². The van der Waals surface area contributed by atoms with E-state index in [2.05, 4.69) is 26.6 Å². The maximum absolute atomic E-state index is 11.8. The zero-order valence-electron chi connectivity index (χ0n) is 9.50. The molecular weight excluding hydrogens is 288 g/mol. The number of hydrogen-bond acceptors (Lipinski definition) is 2. The van der Waals surface area contributed by atoms with E-state index >= 15 is 0 Å². The number of aromatic nitrogens is 1. The van der Waals surface area contributed by atoms with Crippen LogP contribution in [0, 0.1) is 0 Å². The Morgan fingerprint density at radius 3 is 2.65 bits per heavy atom. The minimum Gasteiger partial charge on any atom is -0.352 e. The lowest BCUT2D eigenvalue weighted by Gasteiger charge is -2.07. The van der Waals surface area contributed by atoms with Gasteiger partial charge < -0.3 is 20.9 Å². The van der Waals surface area contributed by atoms with E-state index in [1.165, 1.54) is 0 Å². The Kier molecular flexibility index (Phi) is 5.02. The van der Waals surface area contributed by atoms with Gasteiger partial charge in [0, 0.05) is 30.3 Å². The van der Waals surface area contributed by atoms with E-state index in [-0.39, 0.29) is 5.91 Å². The smallest absolute Gasteiger partial charge is 0.312 e. The first-order valence-electron chi connectivity index (χ1n) is 5.21. The molecule has 0 radical (unpaired) electrons. The number of urea groups is 1. The molecule has 0 aromatic carbocycles. The second-order valence-corrected chi connectivity index (χ2v) is 4.29. The number of amides is 3. The van der Waals surface area contributed by atoms with Crippen LogP contribution >= 0.6 is 15.9 Å². The molecule has 0 aliphatic heterocycles. The Bertz CT molecular complexity index is 416. The molecule has 6 nitrogen and oxygen atoms in total. The minimum atomic E-state index is -0.598. The zero-order valence-corrected chi connectivity index (χ0v) is 11.1. The Morgan fingerprint density at radius 2 is 2.06 bits per heavy atom. The Balaban J connectivity index is 2.49. The zero-order chi connectivity index (χ0) is 12.8. The molecule has 0 saturated heterocycles. The number of carbonyl (C=O) groups is 2. The van der Waals surface area contributed by atoms with E-state index in [1.807, 2.05) is 17.7 Å². The Morgan fingerprint density at radius 1 is 1.41 bits per heavy atom. The van der Waals surface area contributed by atoms with Crippen LogP contribution in [0.5, 0.6) is 0 Å².